The van der Waals surface area contributed by atoms with Crippen LogP contribution in [0.15, 0.2) is 48.7 Å². The molecule has 0 saturated heterocycles. The first-order valence-electron chi connectivity index (χ1n) is 8.05. The smallest absolute Gasteiger partial charge is 0.335 e. The number of carboxylic acids is 1. The molecule has 3 aromatic rings. The van der Waals surface area contributed by atoms with Gasteiger partial charge in [0.25, 0.3) is 0 Å². The van der Waals surface area contributed by atoms with Crippen LogP contribution in [0.5, 0.6) is 0 Å². The lowest BCUT2D eigenvalue weighted by atomic mass is 10.0. The first-order valence-corrected chi connectivity index (χ1v) is 8.43. The van der Waals surface area contributed by atoms with E-state index in [4.69, 9.17) is 16.9 Å². The molecule has 0 aliphatic carbocycles. The maximum Gasteiger partial charge on any atom is 0.335 e. The average molecular weight is 353 g/mol. The number of benzene rings is 2. The van der Waals surface area contributed by atoms with Crippen molar-refractivity contribution in [1.82, 2.24) is 4.57 Å². The van der Waals surface area contributed by atoms with Crippen LogP contribution in [0.3, 0.4) is 0 Å². The van der Waals surface area contributed by atoms with Crippen molar-refractivity contribution in [1.29, 1.82) is 5.26 Å². The van der Waals surface area contributed by atoms with E-state index in [0.29, 0.717) is 18.0 Å². The minimum absolute atomic E-state index is 0.276. The van der Waals surface area contributed by atoms with E-state index < -0.39 is 5.97 Å². The van der Waals surface area contributed by atoms with Crippen molar-refractivity contribution in [3.63, 3.8) is 0 Å². The Morgan fingerprint density at radius 1 is 1.16 bits per heavy atom. The molecule has 0 spiro atoms. The normalized spacial score (nSPS) is 10.7. The monoisotopic (exact) mass is 352 g/mol. The molecule has 5 heteroatoms. The zero-order valence-electron chi connectivity index (χ0n) is 13.6. The molecule has 0 aliphatic rings. The van der Waals surface area contributed by atoms with Gasteiger partial charge in [0, 0.05) is 28.7 Å². The second kappa shape index (κ2) is 7.42. The van der Waals surface area contributed by atoms with Gasteiger partial charge in [0.1, 0.15) is 0 Å². The fraction of sp³-hybridized carbons (Fsp3) is 0.200. The maximum atomic E-state index is 11.3. The number of aryl methyl sites for hydroxylation is 3. The predicted octanol–water partition coefficient (Wildman–Crippen LogP) is 4.69. The first-order chi connectivity index (χ1) is 12.1. The number of rotatable bonds is 6. The average Bonchev–Trinajstić information content (AvgIpc) is 2.96. The number of carbonyl (C=O) groups is 1. The Bertz CT molecular complexity index is 952. The van der Waals surface area contributed by atoms with Crippen LogP contribution in [0, 0.1) is 11.3 Å². The van der Waals surface area contributed by atoms with Crippen LogP contribution in [0.4, 0.5) is 0 Å². The van der Waals surface area contributed by atoms with Crippen molar-refractivity contribution < 1.29 is 9.90 Å². The summed E-state index contributed by atoms with van der Waals surface area (Å²) in [5.41, 5.74) is 3.51. The Labute approximate surface area is 150 Å². The summed E-state index contributed by atoms with van der Waals surface area (Å²) < 4.78 is 2.03. The van der Waals surface area contributed by atoms with Crippen molar-refractivity contribution in [3.05, 3.63) is 70.4 Å². The van der Waals surface area contributed by atoms with E-state index in [2.05, 4.69) is 6.07 Å². The van der Waals surface area contributed by atoms with Crippen LogP contribution in [0.1, 0.15) is 27.9 Å². The van der Waals surface area contributed by atoms with Gasteiger partial charge >= 0.3 is 5.97 Å². The second-order valence-corrected chi connectivity index (χ2v) is 6.36. The van der Waals surface area contributed by atoms with E-state index in [1.165, 1.54) is 5.56 Å². The van der Waals surface area contributed by atoms with E-state index in [1.807, 2.05) is 41.1 Å². The molecule has 3 rings (SSSR count). The molecule has 1 heterocycles. The Balaban J connectivity index is 1.94. The molecule has 126 valence electrons. The van der Waals surface area contributed by atoms with E-state index in [-0.39, 0.29) is 5.56 Å². The molecule has 4 nitrogen and oxygen atoms in total. The minimum Gasteiger partial charge on any atom is -0.478 e. The van der Waals surface area contributed by atoms with Gasteiger partial charge < -0.3 is 9.67 Å². The number of halogens is 1. The molecule has 0 fully saturated rings. The van der Waals surface area contributed by atoms with Gasteiger partial charge in [-0.25, -0.2) is 4.79 Å². The quantitative estimate of drug-likeness (QED) is 0.699. The van der Waals surface area contributed by atoms with E-state index in [0.717, 1.165) is 29.3 Å². The number of nitrogens with zero attached hydrogens (tertiary/aromatic N) is 2. The molecule has 25 heavy (non-hydrogen) atoms. The van der Waals surface area contributed by atoms with E-state index in [9.17, 15) is 9.90 Å². The highest BCUT2D eigenvalue weighted by molar-refractivity contribution is 6.30. The Kier molecular flexibility index (Phi) is 5.06. The van der Waals surface area contributed by atoms with Crippen molar-refractivity contribution >= 4 is 28.5 Å². The standard InChI is InChI=1S/C20H17ClN2O2/c21-17-7-3-14(4-8-17)2-5-16-13-23(11-1-10-22)19-9-6-15(20(24)25)12-18(16)19/h3-4,6-9,12-13H,1-2,5,11H2,(H,24,25). The van der Waals surface area contributed by atoms with Crippen LogP contribution in [-0.4, -0.2) is 15.6 Å². The summed E-state index contributed by atoms with van der Waals surface area (Å²) in [5, 5.41) is 19.7. The van der Waals surface area contributed by atoms with Crippen LogP contribution < -0.4 is 0 Å². The van der Waals surface area contributed by atoms with Crippen LogP contribution >= 0.6 is 11.6 Å². The molecule has 0 radical (unpaired) electrons. The molecule has 0 saturated carbocycles. The first kappa shape index (κ1) is 17.1. The van der Waals surface area contributed by atoms with Crippen molar-refractivity contribution in [2.45, 2.75) is 25.8 Å². The van der Waals surface area contributed by atoms with E-state index >= 15 is 0 Å². The molecule has 2 aromatic carbocycles. The van der Waals surface area contributed by atoms with Crippen molar-refractivity contribution in [3.8, 4) is 6.07 Å². The summed E-state index contributed by atoms with van der Waals surface area (Å²) in [7, 11) is 0. The van der Waals surface area contributed by atoms with Crippen LogP contribution in [-0.2, 0) is 19.4 Å². The van der Waals surface area contributed by atoms with Gasteiger partial charge in [0.05, 0.1) is 18.1 Å². The molecule has 0 unspecified atom stereocenters. The maximum absolute atomic E-state index is 11.3. The largest absolute Gasteiger partial charge is 0.478 e. The number of carboxylic acid groups (broad SMARTS) is 1. The van der Waals surface area contributed by atoms with Crippen molar-refractivity contribution in [2.75, 3.05) is 0 Å². The summed E-state index contributed by atoms with van der Waals surface area (Å²) in [6, 6.07) is 15.0. The number of aromatic nitrogens is 1. The summed E-state index contributed by atoms with van der Waals surface area (Å²) in [5.74, 6) is -0.935. The third-order valence-corrected chi connectivity index (χ3v) is 4.52. The molecule has 0 amide bonds. The zero-order valence-corrected chi connectivity index (χ0v) is 14.3. The summed E-state index contributed by atoms with van der Waals surface area (Å²) in [6.07, 6.45) is 4.08. The fourth-order valence-corrected chi connectivity index (χ4v) is 3.11. The predicted molar refractivity (Wildman–Crippen MR) is 98.0 cm³/mol. The van der Waals surface area contributed by atoms with Gasteiger partial charge in [-0.2, -0.15) is 5.26 Å². The fourth-order valence-electron chi connectivity index (χ4n) is 2.99. The third kappa shape index (κ3) is 3.84. The number of aromatic carboxylic acids is 1. The number of hydrogen-bond acceptors (Lipinski definition) is 2. The molecule has 0 atom stereocenters. The summed E-state index contributed by atoms with van der Waals surface area (Å²) in [6.45, 7) is 0.598. The molecule has 0 bridgehead atoms. The SMILES string of the molecule is N#CCCn1cc(CCc2ccc(Cl)cc2)c2cc(C(=O)O)ccc21. The lowest BCUT2D eigenvalue weighted by molar-refractivity contribution is 0.0697. The van der Waals surface area contributed by atoms with Gasteiger partial charge in [-0.3, -0.25) is 0 Å². The molecule has 1 aromatic heterocycles. The minimum atomic E-state index is -0.935. The lowest BCUT2D eigenvalue weighted by Crippen LogP contribution is -1.97. The van der Waals surface area contributed by atoms with Gasteiger partial charge in [-0.15, -0.1) is 0 Å². The third-order valence-electron chi connectivity index (χ3n) is 4.27. The van der Waals surface area contributed by atoms with Gasteiger partial charge in [-0.1, -0.05) is 23.7 Å². The molecular weight excluding hydrogens is 336 g/mol. The highest BCUT2D eigenvalue weighted by Gasteiger charge is 2.12. The second-order valence-electron chi connectivity index (χ2n) is 5.92. The number of fused-ring (bicyclic) bond motifs is 1. The van der Waals surface area contributed by atoms with E-state index in [1.54, 1.807) is 12.1 Å². The van der Waals surface area contributed by atoms with Gasteiger partial charge in [0.15, 0.2) is 0 Å². The summed E-state index contributed by atoms with van der Waals surface area (Å²) >= 11 is 5.92. The van der Waals surface area contributed by atoms with Gasteiger partial charge in [0.2, 0.25) is 0 Å². The van der Waals surface area contributed by atoms with Crippen LogP contribution in [0.2, 0.25) is 5.02 Å². The Morgan fingerprint density at radius 3 is 2.60 bits per heavy atom. The Morgan fingerprint density at radius 2 is 1.92 bits per heavy atom. The highest BCUT2D eigenvalue weighted by Crippen LogP contribution is 2.25. The van der Waals surface area contributed by atoms with Crippen LogP contribution in [0.25, 0.3) is 10.9 Å². The topological polar surface area (TPSA) is 66.0 Å². The summed E-state index contributed by atoms with van der Waals surface area (Å²) in [4.78, 5) is 11.3. The highest BCUT2D eigenvalue weighted by atomic mass is 35.5. The molecule has 1 N–H and O–H groups in total. The number of nitriles is 1. The molecular formula is C20H17ClN2O2. The lowest BCUT2D eigenvalue weighted by Gasteiger charge is -2.02. The van der Waals surface area contributed by atoms with Crippen molar-refractivity contribution in [2.24, 2.45) is 0 Å². The Hall–Kier alpha value is -2.77. The van der Waals surface area contributed by atoms with Gasteiger partial charge in [-0.05, 0) is 54.3 Å². The number of hydrogen-bond donors (Lipinski definition) is 1. The zero-order chi connectivity index (χ0) is 17.8. The molecule has 0 aliphatic heterocycles.